The van der Waals surface area contributed by atoms with Gasteiger partial charge in [-0.25, -0.2) is 4.79 Å². The molecule has 1 saturated heterocycles. The fourth-order valence-corrected chi connectivity index (χ4v) is 2.20. The molecule has 135 valence electrons. The minimum atomic E-state index is -1.79. The van der Waals surface area contributed by atoms with Gasteiger partial charge in [-0.2, -0.15) is 0 Å². The maximum atomic E-state index is 11.6. The average molecular weight is 365 g/mol. The van der Waals surface area contributed by atoms with Crippen LogP contribution in [0, 0.1) is 0 Å². The molecule has 3 radical (unpaired) electrons. The van der Waals surface area contributed by atoms with E-state index in [2.05, 4.69) is 4.74 Å². The lowest BCUT2D eigenvalue weighted by atomic mass is 9.99. The predicted molar refractivity (Wildman–Crippen MR) is 73.2 cm³/mol. The van der Waals surface area contributed by atoms with Gasteiger partial charge >= 0.3 is 5.97 Å². The van der Waals surface area contributed by atoms with Gasteiger partial charge in [0.1, 0.15) is 30.5 Å². The number of cyclic esters (lactones) is 1. The summed E-state index contributed by atoms with van der Waals surface area (Å²) in [5.74, 6) is -2.79. The van der Waals surface area contributed by atoms with Crippen LogP contribution in [0.5, 0.6) is 0 Å². The molecule has 2 rings (SSSR count). The Morgan fingerprint density at radius 2 is 1.75 bits per heavy atom. The third-order valence-electron chi connectivity index (χ3n) is 3.54. The molecule has 0 aromatic carbocycles. The molecule has 0 aromatic heterocycles. The fourth-order valence-electron chi connectivity index (χ4n) is 2.20. The summed E-state index contributed by atoms with van der Waals surface area (Å²) in [5, 5.41) is 66.1. The maximum Gasteiger partial charge on any atom is 0.378 e. The van der Waals surface area contributed by atoms with Crippen LogP contribution in [-0.4, -0.2) is 115 Å². The Kier molecular flexibility index (Phi) is 7.42. The van der Waals surface area contributed by atoms with E-state index in [1.54, 1.807) is 0 Å². The lowest BCUT2D eigenvalue weighted by Crippen LogP contribution is -2.59. The smallest absolute Gasteiger partial charge is 0.378 e. The standard InChI is InChI=1S/C12H18O11.Al/c13-1-3(15)9-8(19)10(11(20)22-9)23-12-7(18)6(17)5(16)4(2-14)21-12;/h3-7,9,12-19H,1-2H2;/t3-,4+,5+,6-,7+,9+,12+;/m0./s1. The third-order valence-corrected chi connectivity index (χ3v) is 3.54. The largest absolute Gasteiger partial charge is 0.505 e. The van der Waals surface area contributed by atoms with Crippen LogP contribution >= 0.6 is 0 Å². The van der Waals surface area contributed by atoms with E-state index in [1.165, 1.54) is 0 Å². The van der Waals surface area contributed by atoms with Gasteiger partial charge in [-0.1, -0.05) is 0 Å². The van der Waals surface area contributed by atoms with Gasteiger partial charge < -0.3 is 50.0 Å². The van der Waals surface area contributed by atoms with Crippen LogP contribution in [0.25, 0.3) is 0 Å². The molecule has 2 aliphatic rings. The first-order valence-electron chi connectivity index (χ1n) is 6.72. The number of ether oxygens (including phenoxy) is 3. The Hall–Kier alpha value is -0.938. The molecule has 0 unspecified atom stereocenters. The van der Waals surface area contributed by atoms with E-state index in [9.17, 15) is 30.3 Å². The molecule has 0 bridgehead atoms. The highest BCUT2D eigenvalue weighted by Gasteiger charge is 2.48. The van der Waals surface area contributed by atoms with Crippen molar-refractivity contribution in [1.82, 2.24) is 0 Å². The van der Waals surface area contributed by atoms with Crippen molar-refractivity contribution >= 4 is 23.3 Å². The zero-order valence-electron chi connectivity index (χ0n) is 12.3. The second-order valence-electron chi connectivity index (χ2n) is 5.11. The van der Waals surface area contributed by atoms with Crippen LogP contribution in [0.4, 0.5) is 0 Å². The topological polar surface area (TPSA) is 186 Å². The lowest BCUT2D eigenvalue weighted by molar-refractivity contribution is -0.291. The van der Waals surface area contributed by atoms with Gasteiger partial charge in [0, 0.05) is 17.4 Å². The maximum absolute atomic E-state index is 11.6. The van der Waals surface area contributed by atoms with Crippen LogP contribution in [0.15, 0.2) is 11.5 Å². The van der Waals surface area contributed by atoms with Gasteiger partial charge in [-0.3, -0.25) is 0 Å². The van der Waals surface area contributed by atoms with Crippen molar-refractivity contribution in [1.29, 1.82) is 0 Å². The minimum absolute atomic E-state index is 0. The van der Waals surface area contributed by atoms with Crippen molar-refractivity contribution in [3.05, 3.63) is 11.5 Å². The zero-order chi connectivity index (χ0) is 17.3. The molecular weight excluding hydrogens is 347 g/mol. The van der Waals surface area contributed by atoms with Crippen molar-refractivity contribution in [2.45, 2.75) is 42.9 Å². The zero-order valence-corrected chi connectivity index (χ0v) is 13.5. The Bertz CT molecular complexity index is 482. The van der Waals surface area contributed by atoms with Gasteiger partial charge in [-0.05, 0) is 0 Å². The Morgan fingerprint density at radius 1 is 1.12 bits per heavy atom. The number of aliphatic hydroxyl groups is 7. The molecular formula is C12H18AlO11. The van der Waals surface area contributed by atoms with Crippen molar-refractivity contribution in [2.24, 2.45) is 0 Å². The van der Waals surface area contributed by atoms with Crippen LogP contribution in [0.2, 0.25) is 0 Å². The third kappa shape index (κ3) is 3.83. The van der Waals surface area contributed by atoms with E-state index in [0.29, 0.717) is 0 Å². The molecule has 2 aliphatic heterocycles. The second-order valence-corrected chi connectivity index (χ2v) is 5.11. The molecule has 0 spiro atoms. The molecule has 0 amide bonds. The second kappa shape index (κ2) is 8.44. The van der Waals surface area contributed by atoms with Gasteiger partial charge in [0.2, 0.25) is 12.0 Å². The summed E-state index contributed by atoms with van der Waals surface area (Å²) in [6, 6.07) is 0. The van der Waals surface area contributed by atoms with E-state index >= 15 is 0 Å². The summed E-state index contributed by atoms with van der Waals surface area (Å²) < 4.78 is 14.6. The van der Waals surface area contributed by atoms with E-state index in [0.717, 1.165) is 0 Å². The van der Waals surface area contributed by atoms with Gasteiger partial charge in [0.15, 0.2) is 11.9 Å². The lowest BCUT2D eigenvalue weighted by Gasteiger charge is -2.39. The first-order chi connectivity index (χ1) is 10.8. The summed E-state index contributed by atoms with van der Waals surface area (Å²) in [6.07, 6.45) is -11.2. The summed E-state index contributed by atoms with van der Waals surface area (Å²) in [6.45, 7) is -1.50. The van der Waals surface area contributed by atoms with E-state index in [4.69, 9.17) is 19.7 Å². The quantitative estimate of drug-likeness (QED) is 0.184. The summed E-state index contributed by atoms with van der Waals surface area (Å²) in [5.41, 5.74) is 0. The summed E-state index contributed by atoms with van der Waals surface area (Å²) >= 11 is 0. The first-order valence-corrected chi connectivity index (χ1v) is 6.72. The molecule has 12 heteroatoms. The van der Waals surface area contributed by atoms with Crippen molar-refractivity contribution < 1.29 is 54.8 Å². The average Bonchev–Trinajstić information content (AvgIpc) is 2.82. The number of carbonyl (C=O) groups is 1. The van der Waals surface area contributed by atoms with E-state index in [-0.39, 0.29) is 17.4 Å². The molecule has 7 atom stereocenters. The predicted octanol–water partition coefficient (Wildman–Crippen LogP) is -4.53. The Morgan fingerprint density at radius 3 is 2.29 bits per heavy atom. The number of esters is 1. The number of hydrogen-bond acceptors (Lipinski definition) is 11. The number of hydrogen-bond donors (Lipinski definition) is 7. The summed E-state index contributed by atoms with van der Waals surface area (Å²) in [4.78, 5) is 11.6. The fraction of sp³-hybridized carbons (Fsp3) is 0.750. The molecule has 2 heterocycles. The monoisotopic (exact) mass is 365 g/mol. The highest BCUT2D eigenvalue weighted by Crippen LogP contribution is 2.29. The number of rotatable bonds is 5. The number of carbonyl (C=O) groups excluding carboxylic acids is 1. The molecule has 0 saturated carbocycles. The SMILES string of the molecule is O=C1O[C@H]([C@@H](O)CO)C(O)=C1O[C@H]1O[C@H](CO)[C@@H](O)[C@H](O)[C@H]1O.[Al]. The molecule has 11 nitrogen and oxygen atoms in total. The minimum Gasteiger partial charge on any atom is -0.505 e. The van der Waals surface area contributed by atoms with Crippen LogP contribution in [0.1, 0.15) is 0 Å². The van der Waals surface area contributed by atoms with Crippen LogP contribution < -0.4 is 0 Å². The Balaban J connectivity index is 0.00000288. The van der Waals surface area contributed by atoms with Crippen molar-refractivity contribution in [2.75, 3.05) is 13.2 Å². The van der Waals surface area contributed by atoms with Crippen LogP contribution in [-0.2, 0) is 19.0 Å². The normalized spacial score (nSPS) is 37.7. The van der Waals surface area contributed by atoms with Gasteiger partial charge in [0.25, 0.3) is 0 Å². The summed E-state index contributed by atoms with van der Waals surface area (Å²) in [7, 11) is 0. The van der Waals surface area contributed by atoms with Crippen molar-refractivity contribution in [3.8, 4) is 0 Å². The van der Waals surface area contributed by atoms with Crippen LogP contribution in [0.3, 0.4) is 0 Å². The highest BCUT2D eigenvalue weighted by molar-refractivity contribution is 5.89. The number of aliphatic hydroxyl groups excluding tert-OH is 7. The van der Waals surface area contributed by atoms with Crippen molar-refractivity contribution in [3.63, 3.8) is 0 Å². The molecule has 0 aromatic rings. The molecule has 0 aliphatic carbocycles. The van der Waals surface area contributed by atoms with Gasteiger partial charge in [0.05, 0.1) is 13.2 Å². The highest BCUT2D eigenvalue weighted by atomic mass is 27.0. The molecule has 24 heavy (non-hydrogen) atoms. The van der Waals surface area contributed by atoms with E-state index in [1.807, 2.05) is 0 Å². The molecule has 1 fully saturated rings. The van der Waals surface area contributed by atoms with Gasteiger partial charge in [-0.15, -0.1) is 0 Å². The Labute approximate surface area is 146 Å². The van der Waals surface area contributed by atoms with E-state index < -0.39 is 73.6 Å². The molecule has 7 N–H and O–H groups in total. The first kappa shape index (κ1) is 21.1.